The lowest BCUT2D eigenvalue weighted by Gasteiger charge is -2.22. The molecule has 172 valence electrons. The molecule has 0 spiro atoms. The van der Waals surface area contributed by atoms with Crippen molar-refractivity contribution in [2.45, 2.75) is 12.8 Å². The highest BCUT2D eigenvalue weighted by Gasteiger charge is 2.28. The molecule has 5 heteroatoms. The van der Waals surface area contributed by atoms with Gasteiger partial charge in [0.1, 0.15) is 11.5 Å². The Morgan fingerprint density at radius 3 is 2.31 bits per heavy atom. The van der Waals surface area contributed by atoms with E-state index in [4.69, 9.17) is 22.1 Å². The van der Waals surface area contributed by atoms with Crippen molar-refractivity contribution in [2.75, 3.05) is 5.73 Å². The minimum atomic E-state index is -0.138. The van der Waals surface area contributed by atoms with E-state index in [-0.39, 0.29) is 5.92 Å². The summed E-state index contributed by atoms with van der Waals surface area (Å²) >= 11 is 6.60. The molecule has 4 N–H and O–H groups in total. The maximum absolute atomic E-state index is 6.60. The fraction of sp³-hybridized carbons (Fsp3) is 0.0667. The molecule has 6 rings (SSSR count). The SMILES string of the molecule is Cc1[nH]c2ccccc2c1[C@@H](c1cc(Cl)ccc1Oc1ccccc1N)c1c[nH]c2ccccc12. The van der Waals surface area contributed by atoms with Gasteiger partial charge in [-0.15, -0.1) is 0 Å². The van der Waals surface area contributed by atoms with Gasteiger partial charge >= 0.3 is 0 Å². The third kappa shape index (κ3) is 3.72. The van der Waals surface area contributed by atoms with Gasteiger partial charge in [-0.05, 0) is 60.5 Å². The zero-order valence-corrected chi connectivity index (χ0v) is 19.9. The summed E-state index contributed by atoms with van der Waals surface area (Å²) in [5.74, 6) is 1.19. The number of nitrogen functional groups attached to an aromatic ring is 1. The maximum Gasteiger partial charge on any atom is 0.150 e. The molecular formula is C30H24ClN3O. The van der Waals surface area contributed by atoms with Gasteiger partial charge in [-0.1, -0.05) is 60.1 Å². The van der Waals surface area contributed by atoms with Crippen molar-refractivity contribution in [1.29, 1.82) is 0 Å². The van der Waals surface area contributed by atoms with E-state index in [1.54, 1.807) is 0 Å². The number of hydrogen-bond donors (Lipinski definition) is 3. The molecule has 0 aliphatic rings. The highest BCUT2D eigenvalue weighted by molar-refractivity contribution is 6.30. The second-order valence-corrected chi connectivity index (χ2v) is 9.19. The number of H-pyrrole nitrogens is 2. The molecule has 0 saturated heterocycles. The van der Waals surface area contributed by atoms with Gasteiger partial charge in [0.2, 0.25) is 0 Å². The number of nitrogens with two attached hydrogens (primary N) is 1. The minimum absolute atomic E-state index is 0.138. The predicted octanol–water partition coefficient (Wildman–Crippen LogP) is 8.17. The summed E-state index contributed by atoms with van der Waals surface area (Å²) in [7, 11) is 0. The molecule has 0 saturated carbocycles. The third-order valence-corrected chi connectivity index (χ3v) is 6.82. The first-order valence-electron chi connectivity index (χ1n) is 11.5. The Kier molecular flexibility index (Phi) is 5.24. The topological polar surface area (TPSA) is 66.8 Å². The van der Waals surface area contributed by atoms with Crippen molar-refractivity contribution in [3.8, 4) is 11.5 Å². The quantitative estimate of drug-likeness (QED) is 0.219. The highest BCUT2D eigenvalue weighted by Crippen LogP contribution is 2.46. The van der Waals surface area contributed by atoms with Crippen LogP contribution in [0.2, 0.25) is 5.02 Å². The Morgan fingerprint density at radius 1 is 0.771 bits per heavy atom. The third-order valence-electron chi connectivity index (χ3n) is 6.59. The lowest BCUT2D eigenvalue weighted by atomic mass is 9.83. The first kappa shape index (κ1) is 21.4. The van der Waals surface area contributed by atoms with Gasteiger partial charge in [0.25, 0.3) is 0 Å². The van der Waals surface area contributed by atoms with Gasteiger partial charge < -0.3 is 20.4 Å². The smallest absolute Gasteiger partial charge is 0.150 e. The number of aromatic amines is 2. The van der Waals surface area contributed by atoms with Crippen LogP contribution in [0.15, 0.2) is 97.2 Å². The van der Waals surface area contributed by atoms with Crippen molar-refractivity contribution in [2.24, 2.45) is 0 Å². The fourth-order valence-corrected chi connectivity index (χ4v) is 5.19. The average Bonchev–Trinajstić information content (AvgIpc) is 3.44. The number of fused-ring (bicyclic) bond motifs is 2. The number of rotatable bonds is 5. The molecule has 0 amide bonds. The summed E-state index contributed by atoms with van der Waals surface area (Å²) in [6, 6.07) is 30.1. The number of hydrogen-bond acceptors (Lipinski definition) is 2. The molecule has 0 aliphatic heterocycles. The monoisotopic (exact) mass is 477 g/mol. The average molecular weight is 478 g/mol. The summed E-state index contributed by atoms with van der Waals surface area (Å²) in [5, 5.41) is 2.98. The van der Waals surface area contributed by atoms with Crippen LogP contribution in [0.25, 0.3) is 21.8 Å². The Balaban J connectivity index is 1.64. The Labute approximate surface area is 208 Å². The largest absolute Gasteiger partial charge is 0.455 e. The molecule has 2 aromatic heterocycles. The molecule has 1 atom stereocenters. The fourth-order valence-electron chi connectivity index (χ4n) is 5.01. The van der Waals surface area contributed by atoms with Crippen LogP contribution >= 0.6 is 11.6 Å². The van der Waals surface area contributed by atoms with E-state index in [1.165, 1.54) is 10.9 Å². The molecule has 6 aromatic rings. The normalized spacial score (nSPS) is 12.3. The number of halogens is 1. The number of aromatic nitrogens is 2. The van der Waals surface area contributed by atoms with Crippen molar-refractivity contribution in [3.05, 3.63) is 125 Å². The number of nitrogens with one attached hydrogen (secondary N) is 2. The van der Waals surface area contributed by atoms with E-state index in [1.807, 2.05) is 48.5 Å². The number of anilines is 1. The summed E-state index contributed by atoms with van der Waals surface area (Å²) in [6.07, 6.45) is 2.10. The number of para-hydroxylation sites is 4. The van der Waals surface area contributed by atoms with Crippen LogP contribution in [-0.4, -0.2) is 9.97 Å². The van der Waals surface area contributed by atoms with E-state index >= 15 is 0 Å². The molecule has 0 bridgehead atoms. The zero-order chi connectivity index (χ0) is 23.9. The van der Waals surface area contributed by atoms with Crippen molar-refractivity contribution in [1.82, 2.24) is 9.97 Å². The second-order valence-electron chi connectivity index (χ2n) is 8.75. The zero-order valence-electron chi connectivity index (χ0n) is 19.2. The van der Waals surface area contributed by atoms with Crippen LogP contribution in [0, 0.1) is 6.92 Å². The lowest BCUT2D eigenvalue weighted by Crippen LogP contribution is -2.06. The Hall–Kier alpha value is -4.15. The summed E-state index contributed by atoms with van der Waals surface area (Å²) in [4.78, 5) is 7.03. The van der Waals surface area contributed by atoms with Gasteiger partial charge in [0.15, 0.2) is 0 Å². The molecule has 0 radical (unpaired) electrons. The van der Waals surface area contributed by atoms with Crippen LogP contribution in [0.1, 0.15) is 28.3 Å². The number of ether oxygens (including phenoxy) is 1. The van der Waals surface area contributed by atoms with Gasteiger partial charge in [-0.25, -0.2) is 0 Å². The molecule has 2 heterocycles. The van der Waals surface area contributed by atoms with E-state index < -0.39 is 0 Å². The standard InChI is InChI=1S/C30H24ClN3O/c1-18-29(21-9-3-6-12-26(21)34-18)30(23-17-33-25-11-5-2-8-20(23)25)22-16-19(31)14-15-27(22)35-28-13-7-4-10-24(28)32/h2-17,30,33-34H,32H2,1H3/t30-/m0/s1. The van der Waals surface area contributed by atoms with Crippen molar-refractivity contribution >= 4 is 39.1 Å². The molecule has 4 nitrogen and oxygen atoms in total. The van der Waals surface area contributed by atoms with Crippen LogP contribution in [0.4, 0.5) is 5.69 Å². The van der Waals surface area contributed by atoms with E-state index in [2.05, 4.69) is 65.6 Å². The second kappa shape index (κ2) is 8.57. The summed E-state index contributed by atoms with van der Waals surface area (Å²) < 4.78 is 6.43. The van der Waals surface area contributed by atoms with Crippen LogP contribution in [0.3, 0.4) is 0 Å². The van der Waals surface area contributed by atoms with Crippen LogP contribution in [0.5, 0.6) is 11.5 Å². The van der Waals surface area contributed by atoms with E-state index in [0.29, 0.717) is 22.2 Å². The van der Waals surface area contributed by atoms with E-state index in [9.17, 15) is 0 Å². The van der Waals surface area contributed by atoms with Gasteiger partial charge in [-0.2, -0.15) is 0 Å². The first-order valence-corrected chi connectivity index (χ1v) is 11.9. The summed E-state index contributed by atoms with van der Waals surface area (Å²) in [5.41, 5.74) is 13.4. The molecule has 0 aliphatic carbocycles. The minimum Gasteiger partial charge on any atom is -0.455 e. The lowest BCUT2D eigenvalue weighted by molar-refractivity contribution is 0.478. The number of benzene rings is 4. The van der Waals surface area contributed by atoms with Crippen LogP contribution in [-0.2, 0) is 0 Å². The van der Waals surface area contributed by atoms with Crippen LogP contribution < -0.4 is 10.5 Å². The predicted molar refractivity (Wildman–Crippen MR) is 145 cm³/mol. The molecular weight excluding hydrogens is 454 g/mol. The van der Waals surface area contributed by atoms with Gasteiger partial charge in [-0.3, -0.25) is 0 Å². The van der Waals surface area contributed by atoms with Gasteiger partial charge in [0, 0.05) is 50.2 Å². The Bertz CT molecular complexity index is 1680. The molecule has 0 fully saturated rings. The van der Waals surface area contributed by atoms with E-state index in [0.717, 1.165) is 33.2 Å². The van der Waals surface area contributed by atoms with Gasteiger partial charge in [0.05, 0.1) is 5.69 Å². The maximum atomic E-state index is 6.60. The summed E-state index contributed by atoms with van der Waals surface area (Å²) in [6.45, 7) is 2.12. The Morgan fingerprint density at radius 2 is 1.49 bits per heavy atom. The highest BCUT2D eigenvalue weighted by atomic mass is 35.5. The molecule has 0 unspecified atom stereocenters. The van der Waals surface area contributed by atoms with Crippen molar-refractivity contribution < 1.29 is 4.74 Å². The molecule has 35 heavy (non-hydrogen) atoms. The van der Waals surface area contributed by atoms with Crippen molar-refractivity contribution in [3.63, 3.8) is 0 Å². The number of aryl methyl sites for hydroxylation is 1. The first-order chi connectivity index (χ1) is 17.1. The molecule has 4 aromatic carbocycles.